The maximum absolute atomic E-state index is 13.1. The van der Waals surface area contributed by atoms with E-state index >= 15 is 0 Å². The van der Waals surface area contributed by atoms with Gasteiger partial charge < -0.3 is 14.1 Å². The van der Waals surface area contributed by atoms with E-state index in [0.29, 0.717) is 30.0 Å². The Morgan fingerprint density at radius 2 is 1.58 bits per heavy atom. The van der Waals surface area contributed by atoms with Gasteiger partial charge in [0.15, 0.2) is 0 Å². The van der Waals surface area contributed by atoms with Crippen molar-refractivity contribution in [2.75, 3.05) is 19.4 Å². The molecule has 168 valence electrons. The fraction of sp³-hybridized carbons (Fsp3) is 0.192. The van der Waals surface area contributed by atoms with Gasteiger partial charge >= 0.3 is 0 Å². The highest BCUT2D eigenvalue weighted by atomic mass is 32.2. The molecule has 0 bridgehead atoms. The molecule has 0 saturated heterocycles. The van der Waals surface area contributed by atoms with E-state index in [1.54, 1.807) is 7.11 Å². The van der Waals surface area contributed by atoms with Gasteiger partial charge in [-0.15, -0.1) is 10.2 Å². The number of amides is 1. The van der Waals surface area contributed by atoms with Crippen LogP contribution in [0, 0.1) is 0 Å². The van der Waals surface area contributed by atoms with E-state index in [2.05, 4.69) is 22.3 Å². The van der Waals surface area contributed by atoms with Crippen molar-refractivity contribution < 1.29 is 13.9 Å². The van der Waals surface area contributed by atoms with Gasteiger partial charge in [0.25, 0.3) is 11.1 Å². The smallest absolute Gasteiger partial charge is 0.277 e. The Morgan fingerprint density at radius 1 is 0.909 bits per heavy atom. The number of aromatic nitrogens is 2. The molecule has 6 nitrogen and oxygen atoms in total. The zero-order valence-corrected chi connectivity index (χ0v) is 19.2. The van der Waals surface area contributed by atoms with Gasteiger partial charge in [-0.2, -0.15) is 0 Å². The SMILES string of the molecule is COc1ccccc1-c1nnc(SCC(=O)N(CCc2ccccc2)Cc2ccccc2)o1. The van der Waals surface area contributed by atoms with Crippen molar-refractivity contribution in [1.29, 1.82) is 0 Å². The summed E-state index contributed by atoms with van der Waals surface area (Å²) in [6.07, 6.45) is 0.794. The van der Waals surface area contributed by atoms with E-state index in [4.69, 9.17) is 9.15 Å². The topological polar surface area (TPSA) is 68.5 Å². The monoisotopic (exact) mass is 459 g/mol. The van der Waals surface area contributed by atoms with E-state index in [9.17, 15) is 4.79 Å². The lowest BCUT2D eigenvalue weighted by Gasteiger charge is -2.22. The molecule has 7 heteroatoms. The van der Waals surface area contributed by atoms with Gasteiger partial charge in [0.05, 0.1) is 18.4 Å². The first kappa shape index (κ1) is 22.6. The first-order chi connectivity index (χ1) is 16.2. The number of thioether (sulfide) groups is 1. The summed E-state index contributed by atoms with van der Waals surface area (Å²) < 4.78 is 11.1. The minimum atomic E-state index is 0.0248. The number of para-hydroxylation sites is 1. The van der Waals surface area contributed by atoms with E-state index in [-0.39, 0.29) is 11.7 Å². The van der Waals surface area contributed by atoms with Gasteiger partial charge in [-0.3, -0.25) is 4.79 Å². The van der Waals surface area contributed by atoms with Crippen LogP contribution < -0.4 is 4.74 Å². The quantitative estimate of drug-likeness (QED) is 0.307. The van der Waals surface area contributed by atoms with Gasteiger partial charge in [0.1, 0.15) is 5.75 Å². The van der Waals surface area contributed by atoms with Gasteiger partial charge in [-0.25, -0.2) is 0 Å². The summed E-state index contributed by atoms with van der Waals surface area (Å²) >= 11 is 1.25. The third-order valence-electron chi connectivity index (χ3n) is 5.15. The fourth-order valence-corrected chi connectivity index (χ4v) is 4.08. The average Bonchev–Trinajstić information content (AvgIpc) is 3.35. The summed E-state index contributed by atoms with van der Waals surface area (Å²) in [5.41, 5.74) is 3.02. The molecule has 3 aromatic carbocycles. The molecule has 33 heavy (non-hydrogen) atoms. The standard InChI is InChI=1S/C26H25N3O3S/c1-31-23-15-9-8-14-22(23)25-27-28-26(32-25)33-19-24(30)29(18-21-12-6-3-7-13-21)17-16-20-10-4-2-5-11-20/h2-15H,16-19H2,1H3. The van der Waals surface area contributed by atoms with Crippen molar-refractivity contribution in [3.8, 4) is 17.2 Å². The first-order valence-electron chi connectivity index (χ1n) is 10.7. The van der Waals surface area contributed by atoms with Crippen LogP contribution in [0.2, 0.25) is 0 Å². The summed E-state index contributed by atoms with van der Waals surface area (Å²) in [6, 6.07) is 27.7. The van der Waals surface area contributed by atoms with Crippen LogP contribution in [0.3, 0.4) is 0 Å². The van der Waals surface area contributed by atoms with Crippen LogP contribution in [0.1, 0.15) is 11.1 Å². The van der Waals surface area contributed by atoms with Crippen LogP contribution in [-0.4, -0.2) is 40.4 Å². The number of ether oxygens (including phenoxy) is 1. The van der Waals surface area contributed by atoms with E-state index in [0.717, 1.165) is 17.5 Å². The first-order valence-corrected chi connectivity index (χ1v) is 11.7. The number of nitrogens with zero attached hydrogens (tertiary/aromatic N) is 3. The van der Waals surface area contributed by atoms with Gasteiger partial charge in [-0.1, -0.05) is 84.6 Å². The molecule has 0 aliphatic rings. The molecular formula is C26H25N3O3S. The predicted octanol–water partition coefficient (Wildman–Crippen LogP) is 5.11. The highest BCUT2D eigenvalue weighted by Crippen LogP contribution is 2.30. The molecule has 0 N–H and O–H groups in total. The molecule has 0 radical (unpaired) electrons. The summed E-state index contributed by atoms with van der Waals surface area (Å²) in [6.45, 7) is 1.19. The van der Waals surface area contributed by atoms with Crippen molar-refractivity contribution >= 4 is 17.7 Å². The fourth-order valence-electron chi connectivity index (χ4n) is 3.42. The molecule has 0 saturated carbocycles. The maximum Gasteiger partial charge on any atom is 0.277 e. The molecule has 1 heterocycles. The minimum absolute atomic E-state index is 0.0248. The summed E-state index contributed by atoms with van der Waals surface area (Å²) in [4.78, 5) is 15.0. The Bertz CT molecular complexity index is 1170. The van der Waals surface area contributed by atoms with Crippen LogP contribution in [0.15, 0.2) is 94.6 Å². The van der Waals surface area contributed by atoms with Crippen molar-refractivity contribution in [2.24, 2.45) is 0 Å². The number of hydrogen-bond donors (Lipinski definition) is 0. The van der Waals surface area contributed by atoms with Crippen molar-refractivity contribution in [2.45, 2.75) is 18.2 Å². The molecule has 4 rings (SSSR count). The van der Waals surface area contributed by atoms with E-state index in [1.165, 1.54) is 17.3 Å². The molecule has 0 aliphatic carbocycles. The lowest BCUT2D eigenvalue weighted by Crippen LogP contribution is -2.33. The lowest BCUT2D eigenvalue weighted by molar-refractivity contribution is -0.128. The largest absolute Gasteiger partial charge is 0.496 e. The Kier molecular flexibility index (Phi) is 7.76. The Morgan fingerprint density at radius 3 is 2.30 bits per heavy atom. The molecular weight excluding hydrogens is 434 g/mol. The molecule has 1 aromatic heterocycles. The van der Waals surface area contributed by atoms with Gasteiger partial charge in [0.2, 0.25) is 5.91 Å². The number of carbonyl (C=O) groups is 1. The Labute approximate surface area is 197 Å². The normalized spacial score (nSPS) is 10.7. The second-order valence-corrected chi connectivity index (χ2v) is 8.33. The zero-order valence-electron chi connectivity index (χ0n) is 18.4. The van der Waals surface area contributed by atoms with Crippen LogP contribution >= 0.6 is 11.8 Å². The molecule has 0 aliphatic heterocycles. The third kappa shape index (κ3) is 6.23. The second kappa shape index (κ2) is 11.3. The molecule has 0 spiro atoms. The molecule has 1 amide bonds. The van der Waals surface area contributed by atoms with Gasteiger partial charge in [-0.05, 0) is 29.7 Å². The highest BCUT2D eigenvalue weighted by molar-refractivity contribution is 7.99. The van der Waals surface area contributed by atoms with Crippen molar-refractivity contribution in [3.05, 3.63) is 96.1 Å². The Balaban J connectivity index is 1.41. The van der Waals surface area contributed by atoms with Gasteiger partial charge in [0, 0.05) is 13.1 Å². The summed E-state index contributed by atoms with van der Waals surface area (Å²) in [7, 11) is 1.60. The predicted molar refractivity (Wildman–Crippen MR) is 129 cm³/mol. The number of methoxy groups -OCH3 is 1. The van der Waals surface area contributed by atoms with Crippen LogP contribution in [0.4, 0.5) is 0 Å². The number of rotatable bonds is 10. The maximum atomic E-state index is 13.1. The van der Waals surface area contributed by atoms with E-state index < -0.39 is 0 Å². The minimum Gasteiger partial charge on any atom is -0.496 e. The lowest BCUT2D eigenvalue weighted by atomic mass is 10.1. The zero-order chi connectivity index (χ0) is 22.9. The molecule has 4 aromatic rings. The van der Waals surface area contributed by atoms with Crippen LogP contribution in [0.5, 0.6) is 5.75 Å². The number of carbonyl (C=O) groups excluding carboxylic acids is 1. The summed E-state index contributed by atoms with van der Waals surface area (Å²) in [5.74, 6) is 1.27. The molecule has 0 unspecified atom stereocenters. The van der Waals surface area contributed by atoms with Crippen molar-refractivity contribution in [3.63, 3.8) is 0 Å². The molecule has 0 fully saturated rings. The second-order valence-electron chi connectivity index (χ2n) is 7.40. The third-order valence-corrected chi connectivity index (χ3v) is 5.95. The van der Waals surface area contributed by atoms with E-state index in [1.807, 2.05) is 77.7 Å². The van der Waals surface area contributed by atoms with Crippen molar-refractivity contribution in [1.82, 2.24) is 15.1 Å². The molecule has 0 atom stereocenters. The number of hydrogen-bond acceptors (Lipinski definition) is 6. The highest BCUT2D eigenvalue weighted by Gasteiger charge is 2.18. The Hall–Kier alpha value is -3.58. The number of benzene rings is 3. The van der Waals surface area contributed by atoms with Crippen LogP contribution in [-0.2, 0) is 17.8 Å². The van der Waals surface area contributed by atoms with Crippen LogP contribution in [0.25, 0.3) is 11.5 Å². The average molecular weight is 460 g/mol. The summed E-state index contributed by atoms with van der Waals surface area (Å²) in [5, 5.41) is 8.57.